The number of nitrogens with one attached hydrogen (secondary N) is 2. The summed E-state index contributed by atoms with van der Waals surface area (Å²) in [4.78, 5) is 38.8. The van der Waals surface area contributed by atoms with Crippen molar-refractivity contribution >= 4 is 52.2 Å². The Balaban J connectivity index is 1.43. The smallest absolute Gasteiger partial charge is 0.337 e. The van der Waals surface area contributed by atoms with Crippen LogP contribution in [-0.2, 0) is 4.74 Å². The van der Waals surface area contributed by atoms with Crippen molar-refractivity contribution in [3.05, 3.63) is 69.1 Å². The average molecular weight is 486 g/mol. The lowest BCUT2D eigenvalue weighted by molar-refractivity contribution is 0.0600. The number of halogens is 1. The number of anilines is 2. The molecule has 4 rings (SSSR count). The lowest BCUT2D eigenvalue weighted by Crippen LogP contribution is -2.34. The molecule has 2 N–H and O–H groups in total. The molecule has 1 aliphatic rings. The summed E-state index contributed by atoms with van der Waals surface area (Å²) in [5, 5.41) is 15.1. The molecule has 2 aromatic carbocycles. The van der Waals surface area contributed by atoms with Gasteiger partial charge < -0.3 is 20.3 Å². The van der Waals surface area contributed by atoms with E-state index in [1.54, 1.807) is 53.4 Å². The molecular formula is C22H20ClN5O4S. The topological polar surface area (TPSA) is 114 Å². The van der Waals surface area contributed by atoms with E-state index < -0.39 is 5.97 Å². The highest BCUT2D eigenvalue weighted by Gasteiger charge is 2.33. The number of benzene rings is 2. The molecule has 1 aromatic heterocycles. The molecule has 1 atom stereocenters. The number of aromatic nitrogens is 2. The number of esters is 1. The first-order valence-electron chi connectivity index (χ1n) is 10.1. The summed E-state index contributed by atoms with van der Waals surface area (Å²) in [5.74, 6) is -0.863. The fraction of sp³-hybridized carbons (Fsp3) is 0.227. The van der Waals surface area contributed by atoms with Gasteiger partial charge in [-0.15, -0.1) is 10.2 Å². The molecule has 170 valence electrons. The largest absolute Gasteiger partial charge is 0.465 e. The summed E-state index contributed by atoms with van der Waals surface area (Å²) in [6, 6.07) is 12.7. The molecule has 0 spiro atoms. The van der Waals surface area contributed by atoms with Gasteiger partial charge in [-0.2, -0.15) is 0 Å². The van der Waals surface area contributed by atoms with Crippen molar-refractivity contribution < 1.29 is 19.1 Å². The van der Waals surface area contributed by atoms with Crippen molar-refractivity contribution in [2.24, 2.45) is 0 Å². The highest BCUT2D eigenvalue weighted by Crippen LogP contribution is 2.34. The van der Waals surface area contributed by atoms with Crippen molar-refractivity contribution in [3.8, 4) is 0 Å². The van der Waals surface area contributed by atoms with E-state index in [1.165, 1.54) is 7.11 Å². The number of ether oxygens (including phenoxy) is 1. The lowest BCUT2D eigenvalue weighted by Gasteiger charge is -2.23. The van der Waals surface area contributed by atoms with E-state index in [-0.39, 0.29) is 23.0 Å². The van der Waals surface area contributed by atoms with E-state index in [2.05, 4.69) is 20.8 Å². The number of likely N-dealkylation sites (tertiary alicyclic amines) is 1. The standard InChI is InChI=1S/C22H20ClN5O4S/c1-32-21(30)13-4-2-5-16(12-13)25-22(31)28-11-3-6-17(28)19-26-27-20(33-19)18(29)24-15-9-7-14(23)8-10-15/h2,4-5,7-10,12,17H,3,6,11H2,1H3,(H,24,29)(H,25,31). The monoisotopic (exact) mass is 485 g/mol. The lowest BCUT2D eigenvalue weighted by atomic mass is 10.2. The van der Waals surface area contributed by atoms with Crippen molar-refractivity contribution in [1.29, 1.82) is 0 Å². The van der Waals surface area contributed by atoms with Crippen LogP contribution >= 0.6 is 22.9 Å². The van der Waals surface area contributed by atoms with E-state index in [0.717, 1.165) is 17.8 Å². The number of hydrogen-bond donors (Lipinski definition) is 2. The Bertz CT molecular complexity index is 1180. The van der Waals surface area contributed by atoms with E-state index in [4.69, 9.17) is 16.3 Å². The normalized spacial score (nSPS) is 15.2. The second-order valence-corrected chi connectivity index (χ2v) is 8.71. The number of amides is 3. The Hall–Kier alpha value is -3.50. The van der Waals surface area contributed by atoms with Crippen LogP contribution in [0.1, 0.15) is 44.1 Å². The van der Waals surface area contributed by atoms with Gasteiger partial charge in [-0.05, 0) is 55.3 Å². The van der Waals surface area contributed by atoms with Gasteiger partial charge in [0.25, 0.3) is 5.91 Å². The Kier molecular flexibility index (Phi) is 6.85. The maximum Gasteiger partial charge on any atom is 0.337 e. The first-order chi connectivity index (χ1) is 15.9. The molecule has 3 amide bonds. The molecule has 3 aromatic rings. The van der Waals surface area contributed by atoms with Gasteiger partial charge >= 0.3 is 12.0 Å². The molecule has 1 unspecified atom stereocenters. The summed E-state index contributed by atoms with van der Waals surface area (Å²) >= 11 is 7.02. The van der Waals surface area contributed by atoms with Gasteiger partial charge in [0.1, 0.15) is 5.01 Å². The van der Waals surface area contributed by atoms with Gasteiger partial charge in [-0.3, -0.25) is 4.79 Å². The minimum atomic E-state index is -0.483. The van der Waals surface area contributed by atoms with Gasteiger partial charge in [-0.1, -0.05) is 29.0 Å². The molecule has 1 saturated heterocycles. The van der Waals surface area contributed by atoms with Crippen molar-refractivity contribution in [1.82, 2.24) is 15.1 Å². The molecule has 9 nitrogen and oxygen atoms in total. The zero-order valence-corrected chi connectivity index (χ0v) is 19.2. The fourth-order valence-corrected chi connectivity index (χ4v) is 4.49. The van der Waals surface area contributed by atoms with Gasteiger partial charge in [0.05, 0.1) is 18.7 Å². The van der Waals surface area contributed by atoms with Crippen molar-refractivity contribution in [2.75, 3.05) is 24.3 Å². The first kappa shape index (κ1) is 22.7. The summed E-state index contributed by atoms with van der Waals surface area (Å²) in [7, 11) is 1.30. The Morgan fingerprint density at radius 2 is 1.88 bits per heavy atom. The molecule has 11 heteroatoms. The molecule has 0 aliphatic carbocycles. The van der Waals surface area contributed by atoms with E-state index >= 15 is 0 Å². The Morgan fingerprint density at radius 1 is 1.09 bits per heavy atom. The maximum absolute atomic E-state index is 12.9. The Labute approximate surface area is 198 Å². The molecule has 33 heavy (non-hydrogen) atoms. The van der Waals surface area contributed by atoms with Crippen LogP contribution in [-0.4, -0.2) is 46.7 Å². The first-order valence-corrected chi connectivity index (χ1v) is 11.3. The molecule has 1 aliphatic heterocycles. The Morgan fingerprint density at radius 3 is 2.64 bits per heavy atom. The number of hydrogen-bond acceptors (Lipinski definition) is 7. The van der Waals surface area contributed by atoms with Crippen LogP contribution in [0.5, 0.6) is 0 Å². The van der Waals surface area contributed by atoms with Gasteiger partial charge in [0.2, 0.25) is 5.01 Å². The number of nitrogens with zero attached hydrogens (tertiary/aromatic N) is 3. The summed E-state index contributed by atoms with van der Waals surface area (Å²) in [6.45, 7) is 0.541. The number of methoxy groups -OCH3 is 1. The predicted octanol–water partition coefficient (Wildman–Crippen LogP) is 4.60. The third-order valence-electron chi connectivity index (χ3n) is 5.07. The van der Waals surface area contributed by atoms with Gasteiger partial charge in [0, 0.05) is 22.9 Å². The summed E-state index contributed by atoms with van der Waals surface area (Å²) < 4.78 is 4.72. The van der Waals surface area contributed by atoms with Gasteiger partial charge in [-0.25, -0.2) is 9.59 Å². The van der Waals surface area contributed by atoms with E-state index in [9.17, 15) is 14.4 Å². The SMILES string of the molecule is COC(=O)c1cccc(NC(=O)N2CCCC2c2nnc(C(=O)Nc3ccc(Cl)cc3)s2)c1. The molecule has 0 radical (unpaired) electrons. The number of rotatable bonds is 5. The fourth-order valence-electron chi connectivity index (χ4n) is 3.48. The predicted molar refractivity (Wildman–Crippen MR) is 125 cm³/mol. The van der Waals surface area contributed by atoms with E-state index in [1.807, 2.05) is 0 Å². The third-order valence-corrected chi connectivity index (χ3v) is 6.35. The quantitative estimate of drug-likeness (QED) is 0.510. The van der Waals surface area contributed by atoms with Gasteiger partial charge in [0.15, 0.2) is 0 Å². The zero-order chi connectivity index (χ0) is 23.4. The summed E-state index contributed by atoms with van der Waals surface area (Å²) in [6.07, 6.45) is 1.51. The molecule has 2 heterocycles. The van der Waals surface area contributed by atoms with Crippen LogP contribution in [0.15, 0.2) is 48.5 Å². The molecular weight excluding hydrogens is 466 g/mol. The highest BCUT2D eigenvalue weighted by molar-refractivity contribution is 7.13. The zero-order valence-electron chi connectivity index (χ0n) is 17.6. The third kappa shape index (κ3) is 5.29. The average Bonchev–Trinajstić information content (AvgIpc) is 3.50. The minimum absolute atomic E-state index is 0.206. The van der Waals surface area contributed by atoms with Crippen LogP contribution in [0.25, 0.3) is 0 Å². The van der Waals surface area contributed by atoms with Crippen LogP contribution in [0.2, 0.25) is 5.02 Å². The van der Waals surface area contributed by atoms with E-state index in [0.29, 0.717) is 39.9 Å². The molecule has 1 fully saturated rings. The second kappa shape index (κ2) is 9.97. The van der Waals surface area contributed by atoms with Crippen LogP contribution in [0, 0.1) is 0 Å². The van der Waals surface area contributed by atoms with Crippen LogP contribution in [0.4, 0.5) is 16.2 Å². The highest BCUT2D eigenvalue weighted by atomic mass is 35.5. The van der Waals surface area contributed by atoms with Crippen LogP contribution < -0.4 is 10.6 Å². The van der Waals surface area contributed by atoms with Crippen LogP contribution in [0.3, 0.4) is 0 Å². The molecule has 0 saturated carbocycles. The van der Waals surface area contributed by atoms with Crippen molar-refractivity contribution in [3.63, 3.8) is 0 Å². The summed E-state index contributed by atoms with van der Waals surface area (Å²) in [5.41, 5.74) is 1.42. The number of carbonyl (C=O) groups excluding carboxylic acids is 3. The minimum Gasteiger partial charge on any atom is -0.465 e. The maximum atomic E-state index is 12.9. The molecule has 0 bridgehead atoms. The van der Waals surface area contributed by atoms with Crippen molar-refractivity contribution in [2.45, 2.75) is 18.9 Å². The number of carbonyl (C=O) groups is 3. The number of urea groups is 1. The second-order valence-electron chi connectivity index (χ2n) is 7.26.